The largest absolute Gasteiger partial charge is 0.388 e. The second kappa shape index (κ2) is 3.87. The number of aliphatic hydroxyl groups excluding tert-OH is 2. The second-order valence-electron chi connectivity index (χ2n) is 4.30. The summed E-state index contributed by atoms with van der Waals surface area (Å²) in [5, 5.41) is 19.6. The van der Waals surface area contributed by atoms with Crippen molar-refractivity contribution in [3.63, 3.8) is 0 Å². The number of aliphatic hydroxyl groups is 2. The predicted molar refractivity (Wildman–Crippen MR) is 61.3 cm³/mol. The molecule has 4 atom stereocenters. The van der Waals surface area contributed by atoms with Crippen LogP contribution in [0.4, 0.5) is 5.82 Å². The van der Waals surface area contributed by atoms with Crippen LogP contribution in [0.5, 0.6) is 0 Å². The van der Waals surface area contributed by atoms with Crippen LogP contribution >= 0.6 is 0 Å². The molecule has 0 aromatic carbocycles. The van der Waals surface area contributed by atoms with Crippen LogP contribution < -0.4 is 5.73 Å². The molecule has 18 heavy (non-hydrogen) atoms. The zero-order chi connectivity index (χ0) is 12.9. The zero-order valence-electron chi connectivity index (χ0n) is 9.63. The van der Waals surface area contributed by atoms with Crippen LogP contribution in [0.3, 0.4) is 0 Å². The van der Waals surface area contributed by atoms with Gasteiger partial charge in [0.05, 0.1) is 12.4 Å². The van der Waals surface area contributed by atoms with Gasteiger partial charge < -0.3 is 20.7 Å². The van der Waals surface area contributed by atoms with Crippen LogP contribution in [0.2, 0.25) is 0 Å². The average Bonchev–Trinajstić information content (AvgIpc) is 2.88. The monoisotopic (exact) mass is 251 g/mol. The Morgan fingerprint density at radius 1 is 1.28 bits per heavy atom. The van der Waals surface area contributed by atoms with Crippen molar-refractivity contribution in [3.8, 4) is 0 Å². The van der Waals surface area contributed by atoms with E-state index in [-0.39, 0.29) is 5.82 Å². The van der Waals surface area contributed by atoms with Crippen LogP contribution in [0.25, 0.3) is 11.2 Å². The molecule has 2 aromatic heterocycles. The SMILES string of the molecule is C[C@H]1OC(n2cnc3c(N)ncnc32)[C@H](O)[C@@H]1O. The highest BCUT2D eigenvalue weighted by atomic mass is 16.6. The summed E-state index contributed by atoms with van der Waals surface area (Å²) in [6, 6.07) is 0. The molecular formula is C10H13N5O3. The lowest BCUT2D eigenvalue weighted by molar-refractivity contribution is -0.0299. The van der Waals surface area contributed by atoms with Crippen molar-refractivity contribution in [2.75, 3.05) is 5.73 Å². The number of aromatic nitrogens is 4. The number of nitrogens with zero attached hydrogens (tertiary/aromatic N) is 4. The first kappa shape index (κ1) is 11.3. The van der Waals surface area contributed by atoms with Gasteiger partial charge in [-0.1, -0.05) is 0 Å². The molecule has 1 aliphatic rings. The van der Waals surface area contributed by atoms with E-state index in [1.54, 1.807) is 11.5 Å². The molecule has 0 bridgehead atoms. The van der Waals surface area contributed by atoms with Gasteiger partial charge in [0.2, 0.25) is 0 Å². The van der Waals surface area contributed by atoms with Gasteiger partial charge in [-0.2, -0.15) is 0 Å². The maximum absolute atomic E-state index is 9.93. The highest BCUT2D eigenvalue weighted by Crippen LogP contribution is 2.31. The molecule has 8 heteroatoms. The summed E-state index contributed by atoms with van der Waals surface area (Å²) in [4.78, 5) is 12.0. The van der Waals surface area contributed by atoms with Crippen LogP contribution in [-0.4, -0.2) is 48.0 Å². The molecule has 8 nitrogen and oxygen atoms in total. The van der Waals surface area contributed by atoms with Crippen molar-refractivity contribution in [1.82, 2.24) is 19.5 Å². The van der Waals surface area contributed by atoms with E-state index in [9.17, 15) is 10.2 Å². The minimum atomic E-state index is -1.03. The van der Waals surface area contributed by atoms with Crippen LogP contribution in [-0.2, 0) is 4.74 Å². The molecule has 96 valence electrons. The third kappa shape index (κ3) is 1.47. The third-order valence-electron chi connectivity index (χ3n) is 3.14. The standard InChI is InChI=1S/C10H13N5O3/c1-4-6(16)7(17)10(18-4)15-3-14-5-8(11)12-2-13-9(5)15/h2-4,6-7,10,16-17H,1H3,(H2,11,12,13)/t4-,6-,7-,10?/m1/s1. The summed E-state index contributed by atoms with van der Waals surface area (Å²) >= 11 is 0. The number of imidazole rings is 1. The highest BCUT2D eigenvalue weighted by Gasteiger charge is 2.41. The number of hydrogen-bond donors (Lipinski definition) is 3. The molecule has 0 radical (unpaired) electrons. The molecular weight excluding hydrogens is 238 g/mol. The molecule has 3 heterocycles. The summed E-state index contributed by atoms with van der Waals surface area (Å²) in [6.45, 7) is 1.69. The Morgan fingerprint density at radius 3 is 2.72 bits per heavy atom. The Morgan fingerprint density at radius 2 is 2.06 bits per heavy atom. The number of fused-ring (bicyclic) bond motifs is 1. The summed E-state index contributed by atoms with van der Waals surface area (Å²) in [7, 11) is 0. The molecule has 4 N–H and O–H groups in total. The zero-order valence-corrected chi connectivity index (χ0v) is 9.63. The quantitative estimate of drug-likeness (QED) is 0.597. The number of nitrogens with two attached hydrogens (primary N) is 1. The Hall–Kier alpha value is -1.77. The van der Waals surface area contributed by atoms with Gasteiger partial charge in [-0.25, -0.2) is 15.0 Å². The van der Waals surface area contributed by atoms with Gasteiger partial charge in [0, 0.05) is 0 Å². The van der Waals surface area contributed by atoms with Gasteiger partial charge in [0.15, 0.2) is 17.7 Å². The molecule has 3 rings (SSSR count). The van der Waals surface area contributed by atoms with Gasteiger partial charge >= 0.3 is 0 Å². The molecule has 0 amide bonds. The molecule has 0 saturated carbocycles. The molecule has 1 aliphatic heterocycles. The lowest BCUT2D eigenvalue weighted by atomic mass is 10.1. The van der Waals surface area contributed by atoms with Gasteiger partial charge in [-0.15, -0.1) is 0 Å². The lowest BCUT2D eigenvalue weighted by Gasteiger charge is -2.16. The molecule has 1 fully saturated rings. The van der Waals surface area contributed by atoms with E-state index in [0.29, 0.717) is 11.2 Å². The summed E-state index contributed by atoms with van der Waals surface area (Å²) in [5.74, 6) is 0.264. The van der Waals surface area contributed by atoms with E-state index in [0.717, 1.165) is 0 Å². The first-order valence-electron chi connectivity index (χ1n) is 5.54. The van der Waals surface area contributed by atoms with E-state index in [1.165, 1.54) is 12.7 Å². The Labute approximate surface area is 102 Å². The Bertz CT molecular complexity index is 586. The van der Waals surface area contributed by atoms with E-state index in [2.05, 4.69) is 15.0 Å². The minimum Gasteiger partial charge on any atom is -0.388 e. The van der Waals surface area contributed by atoms with E-state index in [4.69, 9.17) is 10.5 Å². The maximum Gasteiger partial charge on any atom is 0.167 e. The van der Waals surface area contributed by atoms with Crippen molar-refractivity contribution in [2.45, 2.75) is 31.5 Å². The van der Waals surface area contributed by atoms with Crippen LogP contribution in [0.1, 0.15) is 13.2 Å². The van der Waals surface area contributed by atoms with Crippen LogP contribution in [0, 0.1) is 0 Å². The first-order chi connectivity index (χ1) is 8.59. The van der Waals surface area contributed by atoms with Crippen molar-refractivity contribution < 1.29 is 14.9 Å². The van der Waals surface area contributed by atoms with Crippen molar-refractivity contribution in [2.24, 2.45) is 0 Å². The second-order valence-corrected chi connectivity index (χ2v) is 4.30. The van der Waals surface area contributed by atoms with E-state index in [1.807, 2.05) is 0 Å². The number of nitrogen functional groups attached to an aromatic ring is 1. The maximum atomic E-state index is 9.93. The fourth-order valence-electron chi connectivity index (χ4n) is 2.11. The Kier molecular flexibility index (Phi) is 2.44. The van der Waals surface area contributed by atoms with Crippen molar-refractivity contribution >= 4 is 17.0 Å². The Balaban J connectivity index is 2.08. The van der Waals surface area contributed by atoms with E-state index < -0.39 is 24.5 Å². The summed E-state index contributed by atoms with van der Waals surface area (Å²) < 4.78 is 7.05. The van der Waals surface area contributed by atoms with E-state index >= 15 is 0 Å². The van der Waals surface area contributed by atoms with Gasteiger partial charge in [-0.05, 0) is 6.92 Å². The summed E-state index contributed by atoms with van der Waals surface area (Å²) in [5.41, 5.74) is 6.59. The smallest absolute Gasteiger partial charge is 0.167 e. The molecule has 1 unspecified atom stereocenters. The first-order valence-corrected chi connectivity index (χ1v) is 5.54. The molecule has 1 saturated heterocycles. The lowest BCUT2D eigenvalue weighted by Crippen LogP contribution is -2.30. The topological polar surface area (TPSA) is 119 Å². The number of anilines is 1. The molecule has 2 aromatic rings. The van der Waals surface area contributed by atoms with Gasteiger partial charge in [0.25, 0.3) is 0 Å². The third-order valence-corrected chi connectivity index (χ3v) is 3.14. The fraction of sp³-hybridized carbons (Fsp3) is 0.500. The number of rotatable bonds is 1. The van der Waals surface area contributed by atoms with Gasteiger partial charge in [0.1, 0.15) is 24.1 Å². The number of hydrogen-bond acceptors (Lipinski definition) is 7. The average molecular weight is 251 g/mol. The summed E-state index contributed by atoms with van der Waals surface area (Å²) in [6.07, 6.45) is -0.373. The predicted octanol–water partition coefficient (Wildman–Crippen LogP) is -0.952. The number of ether oxygens (including phenoxy) is 1. The van der Waals surface area contributed by atoms with Crippen LogP contribution in [0.15, 0.2) is 12.7 Å². The highest BCUT2D eigenvalue weighted by molar-refractivity contribution is 5.81. The molecule has 0 aliphatic carbocycles. The van der Waals surface area contributed by atoms with Crippen molar-refractivity contribution in [1.29, 1.82) is 0 Å². The van der Waals surface area contributed by atoms with Gasteiger partial charge in [-0.3, -0.25) is 4.57 Å². The molecule has 0 spiro atoms. The normalized spacial score (nSPS) is 32.2. The minimum absolute atomic E-state index is 0.264. The fourth-order valence-corrected chi connectivity index (χ4v) is 2.11. The van der Waals surface area contributed by atoms with Crippen molar-refractivity contribution in [3.05, 3.63) is 12.7 Å².